The predicted molar refractivity (Wildman–Crippen MR) is 111 cm³/mol. The molecular weight excluding hydrogens is 414 g/mol. The Morgan fingerprint density at radius 1 is 1.19 bits per heavy atom. The van der Waals surface area contributed by atoms with E-state index in [9.17, 15) is 4.79 Å². The first-order chi connectivity index (χ1) is 12.4. The maximum Gasteiger partial charge on any atom is 0.251 e. The highest BCUT2D eigenvalue weighted by Gasteiger charge is 2.10. The summed E-state index contributed by atoms with van der Waals surface area (Å²) in [6.07, 6.45) is 0. The third kappa shape index (κ3) is 4.47. The van der Waals surface area contributed by atoms with E-state index in [1.54, 1.807) is 12.1 Å². The number of amides is 1. The summed E-state index contributed by atoms with van der Waals surface area (Å²) in [4.78, 5) is 15.6. The minimum atomic E-state index is -0.114. The molecule has 1 unspecified atom stereocenters. The molecule has 3 aromatic rings. The van der Waals surface area contributed by atoms with Crippen LogP contribution in [-0.2, 0) is 0 Å². The molecule has 3 N–H and O–H groups in total. The van der Waals surface area contributed by atoms with Crippen molar-refractivity contribution in [3.8, 4) is 0 Å². The highest BCUT2D eigenvalue weighted by atomic mass is 79.9. The monoisotopic (exact) mass is 433 g/mol. The van der Waals surface area contributed by atoms with E-state index in [1.807, 2.05) is 19.1 Å². The van der Waals surface area contributed by atoms with Crippen LogP contribution in [-0.4, -0.2) is 24.0 Å². The van der Waals surface area contributed by atoms with E-state index in [4.69, 9.17) is 11.6 Å². The number of aromatic amines is 1. The van der Waals surface area contributed by atoms with Crippen molar-refractivity contribution in [3.05, 3.63) is 68.8 Å². The van der Waals surface area contributed by atoms with Crippen LogP contribution in [0.2, 0.25) is 5.02 Å². The number of benzene rings is 2. The Hall–Kier alpha value is -1.82. The number of H-pyrrole nitrogens is 1. The molecule has 4 nitrogen and oxygen atoms in total. The summed E-state index contributed by atoms with van der Waals surface area (Å²) in [6.45, 7) is 5.23. The number of halogens is 2. The maximum atomic E-state index is 12.2. The number of aromatic nitrogens is 1. The second kappa shape index (κ2) is 8.25. The van der Waals surface area contributed by atoms with Gasteiger partial charge in [0.1, 0.15) is 0 Å². The van der Waals surface area contributed by atoms with Gasteiger partial charge in [0.15, 0.2) is 0 Å². The summed E-state index contributed by atoms with van der Waals surface area (Å²) in [7, 11) is 0. The number of nitrogens with one attached hydrogen (secondary N) is 3. The summed E-state index contributed by atoms with van der Waals surface area (Å²) in [6, 6.07) is 13.8. The third-order valence-electron chi connectivity index (χ3n) is 4.37. The van der Waals surface area contributed by atoms with Crippen molar-refractivity contribution in [1.82, 2.24) is 15.6 Å². The first kappa shape index (κ1) is 19.0. The number of carbonyl (C=O) groups is 1. The molecule has 0 saturated heterocycles. The Morgan fingerprint density at radius 2 is 2.00 bits per heavy atom. The lowest BCUT2D eigenvalue weighted by molar-refractivity contribution is 0.0953. The molecule has 1 amide bonds. The van der Waals surface area contributed by atoms with E-state index >= 15 is 0 Å². The zero-order valence-electron chi connectivity index (χ0n) is 14.7. The molecule has 26 heavy (non-hydrogen) atoms. The molecule has 3 rings (SSSR count). The molecule has 0 fully saturated rings. The van der Waals surface area contributed by atoms with Crippen molar-refractivity contribution < 1.29 is 4.79 Å². The van der Waals surface area contributed by atoms with Crippen LogP contribution >= 0.6 is 27.5 Å². The molecule has 1 heterocycles. The van der Waals surface area contributed by atoms with Gasteiger partial charge in [0, 0.05) is 50.8 Å². The first-order valence-electron chi connectivity index (χ1n) is 8.50. The third-order valence-corrected chi connectivity index (χ3v) is 5.27. The van der Waals surface area contributed by atoms with Gasteiger partial charge in [-0.2, -0.15) is 0 Å². The Kier molecular flexibility index (Phi) is 6.01. The maximum absolute atomic E-state index is 12.2. The number of hydrogen-bond donors (Lipinski definition) is 3. The minimum absolute atomic E-state index is 0.114. The quantitative estimate of drug-likeness (QED) is 0.480. The zero-order chi connectivity index (χ0) is 18.7. The van der Waals surface area contributed by atoms with Gasteiger partial charge in [0.2, 0.25) is 0 Å². The van der Waals surface area contributed by atoms with Gasteiger partial charge in [-0.15, -0.1) is 0 Å². The van der Waals surface area contributed by atoms with E-state index in [-0.39, 0.29) is 11.9 Å². The Labute approximate surface area is 166 Å². The smallest absolute Gasteiger partial charge is 0.251 e. The molecule has 6 heteroatoms. The molecule has 0 aliphatic rings. The Morgan fingerprint density at radius 3 is 2.77 bits per heavy atom. The molecule has 0 spiro atoms. The highest BCUT2D eigenvalue weighted by Crippen LogP contribution is 2.23. The van der Waals surface area contributed by atoms with E-state index in [1.165, 1.54) is 5.39 Å². The summed E-state index contributed by atoms with van der Waals surface area (Å²) >= 11 is 9.57. The molecule has 0 saturated carbocycles. The summed E-state index contributed by atoms with van der Waals surface area (Å²) in [5, 5.41) is 8.11. The molecule has 0 aliphatic carbocycles. The fraction of sp³-hybridized carbons (Fsp3) is 0.250. The van der Waals surface area contributed by atoms with Crippen molar-refractivity contribution in [2.45, 2.75) is 19.9 Å². The van der Waals surface area contributed by atoms with Gasteiger partial charge in [-0.3, -0.25) is 4.79 Å². The average Bonchev–Trinajstić information content (AvgIpc) is 3.03. The molecule has 1 atom stereocenters. The van der Waals surface area contributed by atoms with Gasteiger partial charge in [0.05, 0.1) is 0 Å². The number of carbonyl (C=O) groups excluding carboxylic acids is 1. The van der Waals surface area contributed by atoms with E-state index < -0.39 is 0 Å². The van der Waals surface area contributed by atoms with Gasteiger partial charge in [-0.25, -0.2) is 0 Å². The van der Waals surface area contributed by atoms with Crippen LogP contribution in [0.25, 0.3) is 10.9 Å². The Balaban J connectivity index is 1.50. The SMILES string of the molecule is Cc1ccc(C(=O)NCCNC(C)c2cc3cc(Br)ccc3[nH]2)cc1Cl. The van der Waals surface area contributed by atoms with Crippen molar-refractivity contribution in [2.75, 3.05) is 13.1 Å². The molecule has 0 radical (unpaired) electrons. The van der Waals surface area contributed by atoms with Crippen molar-refractivity contribution in [3.63, 3.8) is 0 Å². The summed E-state index contributed by atoms with van der Waals surface area (Å²) in [5.74, 6) is -0.114. The number of fused-ring (bicyclic) bond motifs is 1. The normalized spacial score (nSPS) is 12.3. The number of aryl methyl sites for hydroxylation is 1. The fourth-order valence-corrected chi connectivity index (χ4v) is 3.33. The molecule has 2 aromatic carbocycles. The van der Waals surface area contributed by atoms with Crippen LogP contribution in [0.15, 0.2) is 46.9 Å². The Bertz CT molecular complexity index is 938. The van der Waals surface area contributed by atoms with Crippen LogP contribution in [0.3, 0.4) is 0 Å². The lowest BCUT2D eigenvalue weighted by Crippen LogP contribution is -2.33. The van der Waals surface area contributed by atoms with Crippen LogP contribution in [0.5, 0.6) is 0 Å². The topological polar surface area (TPSA) is 56.9 Å². The number of hydrogen-bond acceptors (Lipinski definition) is 2. The molecule has 0 bridgehead atoms. The minimum Gasteiger partial charge on any atom is -0.357 e. The molecule has 136 valence electrons. The van der Waals surface area contributed by atoms with Gasteiger partial charge in [-0.1, -0.05) is 33.6 Å². The van der Waals surface area contributed by atoms with Crippen molar-refractivity contribution in [2.24, 2.45) is 0 Å². The zero-order valence-corrected chi connectivity index (χ0v) is 17.0. The van der Waals surface area contributed by atoms with Crippen LogP contribution in [0.1, 0.15) is 34.6 Å². The van der Waals surface area contributed by atoms with Crippen molar-refractivity contribution in [1.29, 1.82) is 0 Å². The standard InChI is InChI=1S/C20H21BrClN3O/c1-12-3-4-14(10-17(12)22)20(26)24-8-7-23-13(2)19-11-15-9-16(21)5-6-18(15)25-19/h3-6,9-11,13,23,25H,7-8H2,1-2H3,(H,24,26). The van der Waals surface area contributed by atoms with Crippen molar-refractivity contribution >= 4 is 44.3 Å². The summed E-state index contributed by atoms with van der Waals surface area (Å²) in [5.41, 5.74) is 3.77. The van der Waals surface area contributed by atoms with Gasteiger partial charge in [-0.05, 0) is 55.8 Å². The van der Waals surface area contributed by atoms with E-state index in [0.717, 1.165) is 21.2 Å². The fourth-order valence-electron chi connectivity index (χ4n) is 2.77. The van der Waals surface area contributed by atoms with Crippen LogP contribution < -0.4 is 10.6 Å². The highest BCUT2D eigenvalue weighted by molar-refractivity contribution is 9.10. The molecule has 1 aromatic heterocycles. The molecule has 0 aliphatic heterocycles. The van der Waals surface area contributed by atoms with Crippen LogP contribution in [0.4, 0.5) is 0 Å². The summed E-state index contributed by atoms with van der Waals surface area (Å²) < 4.78 is 1.06. The lowest BCUT2D eigenvalue weighted by Gasteiger charge is -2.13. The first-order valence-corrected chi connectivity index (χ1v) is 9.67. The van der Waals surface area contributed by atoms with Gasteiger partial charge in [0.25, 0.3) is 5.91 Å². The largest absolute Gasteiger partial charge is 0.357 e. The lowest BCUT2D eigenvalue weighted by atomic mass is 10.1. The molecular formula is C20H21BrClN3O. The van der Waals surface area contributed by atoms with Gasteiger partial charge >= 0.3 is 0 Å². The second-order valence-corrected chi connectivity index (χ2v) is 7.67. The second-order valence-electron chi connectivity index (χ2n) is 6.35. The van der Waals surface area contributed by atoms with E-state index in [0.29, 0.717) is 23.7 Å². The van der Waals surface area contributed by atoms with E-state index in [2.05, 4.69) is 56.7 Å². The van der Waals surface area contributed by atoms with Gasteiger partial charge < -0.3 is 15.6 Å². The predicted octanol–water partition coefficient (Wildman–Crippen LogP) is 4.97. The number of rotatable bonds is 6. The van der Waals surface area contributed by atoms with Crippen LogP contribution in [0, 0.1) is 6.92 Å². The average molecular weight is 435 g/mol.